The van der Waals surface area contributed by atoms with Gasteiger partial charge in [0, 0.05) is 5.69 Å². The van der Waals surface area contributed by atoms with E-state index in [-0.39, 0.29) is 6.07 Å². The second-order valence-corrected chi connectivity index (χ2v) is 5.54. The zero-order valence-electron chi connectivity index (χ0n) is 13.5. The maximum Gasteiger partial charge on any atom is 0.416 e. The number of carbonyl (C=O) groups excluding carboxylic acids is 1. The number of halogens is 6. The fourth-order valence-electron chi connectivity index (χ4n) is 2.27. The lowest BCUT2D eigenvalue weighted by atomic mass is 10.1. The Morgan fingerprint density at radius 3 is 1.89 bits per heavy atom. The van der Waals surface area contributed by atoms with Gasteiger partial charge in [0.1, 0.15) is 0 Å². The number of carbonyl (C=O) groups is 1. The van der Waals surface area contributed by atoms with Crippen LogP contribution in [0, 0.1) is 0 Å². The van der Waals surface area contributed by atoms with E-state index in [1.807, 2.05) is 5.32 Å². The molecule has 2 amide bonds. The number of anilines is 1. The van der Waals surface area contributed by atoms with Crippen molar-refractivity contribution < 1.29 is 36.2 Å². The maximum absolute atomic E-state index is 12.8. The van der Waals surface area contributed by atoms with Gasteiger partial charge in [-0.25, -0.2) is 4.79 Å². The predicted molar refractivity (Wildman–Crippen MR) is 84.9 cm³/mol. The Morgan fingerprint density at radius 2 is 1.44 bits per heavy atom. The first kappa shape index (κ1) is 20.6. The molecule has 0 aliphatic carbocycles. The molecule has 0 aromatic heterocycles. The van der Waals surface area contributed by atoms with Gasteiger partial charge in [-0.1, -0.05) is 30.3 Å². The van der Waals surface area contributed by atoms with Crippen molar-refractivity contribution in [3.8, 4) is 0 Å². The minimum Gasteiger partial charge on any atom is -0.394 e. The van der Waals surface area contributed by atoms with Gasteiger partial charge in [-0.2, -0.15) is 26.3 Å². The molecule has 146 valence electrons. The number of hydrogen-bond donors (Lipinski definition) is 3. The Hall–Kier alpha value is -2.75. The molecule has 0 aliphatic heterocycles. The third kappa shape index (κ3) is 5.61. The minimum absolute atomic E-state index is 0.0381. The summed E-state index contributed by atoms with van der Waals surface area (Å²) in [5, 5.41) is 13.6. The number of aliphatic hydroxyl groups excluding tert-OH is 1. The zero-order chi connectivity index (χ0) is 20.2. The smallest absolute Gasteiger partial charge is 0.394 e. The highest BCUT2D eigenvalue weighted by Gasteiger charge is 2.37. The molecule has 0 heterocycles. The zero-order valence-corrected chi connectivity index (χ0v) is 13.5. The summed E-state index contributed by atoms with van der Waals surface area (Å²) in [4.78, 5) is 12.0. The van der Waals surface area contributed by atoms with Gasteiger partial charge in [0.2, 0.25) is 0 Å². The van der Waals surface area contributed by atoms with Crippen LogP contribution in [-0.4, -0.2) is 17.7 Å². The number of aliphatic hydroxyl groups is 1. The second kappa shape index (κ2) is 7.87. The molecule has 1 atom stereocenters. The van der Waals surface area contributed by atoms with Gasteiger partial charge in [0.15, 0.2) is 0 Å². The second-order valence-electron chi connectivity index (χ2n) is 5.54. The molecule has 2 aromatic carbocycles. The Bertz CT molecular complexity index is 758. The Balaban J connectivity index is 2.24. The summed E-state index contributed by atoms with van der Waals surface area (Å²) in [6, 6.07) is 6.95. The number of alkyl halides is 6. The molecule has 0 bridgehead atoms. The van der Waals surface area contributed by atoms with E-state index in [0.29, 0.717) is 17.7 Å². The molecule has 27 heavy (non-hydrogen) atoms. The molecule has 2 rings (SSSR count). The minimum atomic E-state index is -5.02. The molecule has 0 radical (unpaired) electrons. The number of nitrogens with one attached hydrogen (secondary N) is 2. The van der Waals surface area contributed by atoms with Gasteiger partial charge in [0.05, 0.1) is 23.8 Å². The molecule has 1 unspecified atom stereocenters. The van der Waals surface area contributed by atoms with Crippen LogP contribution in [0.2, 0.25) is 0 Å². The Labute approximate surface area is 149 Å². The molecule has 4 nitrogen and oxygen atoms in total. The number of benzene rings is 2. The third-order valence-corrected chi connectivity index (χ3v) is 3.54. The lowest BCUT2D eigenvalue weighted by molar-refractivity contribution is -0.143. The molecule has 2 aromatic rings. The van der Waals surface area contributed by atoms with Gasteiger partial charge in [-0.3, -0.25) is 0 Å². The first-order valence-corrected chi connectivity index (χ1v) is 7.53. The van der Waals surface area contributed by atoms with Crippen molar-refractivity contribution in [3.05, 3.63) is 65.2 Å². The summed E-state index contributed by atoms with van der Waals surface area (Å²) in [6.45, 7) is -0.520. The Kier molecular flexibility index (Phi) is 5.99. The van der Waals surface area contributed by atoms with Crippen LogP contribution < -0.4 is 10.6 Å². The van der Waals surface area contributed by atoms with Crippen LogP contribution >= 0.6 is 0 Å². The maximum atomic E-state index is 12.8. The van der Waals surface area contributed by atoms with Crippen molar-refractivity contribution in [1.82, 2.24) is 5.32 Å². The largest absolute Gasteiger partial charge is 0.416 e. The number of rotatable bonds is 4. The van der Waals surface area contributed by atoms with Crippen molar-refractivity contribution in [2.45, 2.75) is 18.4 Å². The van der Waals surface area contributed by atoms with Gasteiger partial charge in [-0.15, -0.1) is 0 Å². The quantitative estimate of drug-likeness (QED) is 0.667. The molecule has 3 N–H and O–H groups in total. The van der Waals surface area contributed by atoms with E-state index in [0.717, 1.165) is 0 Å². The molecule has 0 saturated heterocycles. The van der Waals surface area contributed by atoms with Crippen LogP contribution in [-0.2, 0) is 12.4 Å². The summed E-state index contributed by atoms with van der Waals surface area (Å²) >= 11 is 0. The van der Waals surface area contributed by atoms with Crippen LogP contribution in [0.1, 0.15) is 22.7 Å². The van der Waals surface area contributed by atoms with Crippen LogP contribution in [0.4, 0.5) is 36.8 Å². The lowest BCUT2D eigenvalue weighted by Gasteiger charge is -2.18. The summed E-state index contributed by atoms with van der Waals surface area (Å²) in [5.74, 6) is 0. The van der Waals surface area contributed by atoms with Crippen molar-refractivity contribution in [2.75, 3.05) is 11.9 Å². The normalized spacial score (nSPS) is 13.1. The standard InChI is InChI=1S/C17H14F6N2O2/c18-16(19,20)11-6-12(17(21,22)23)8-13(7-11)24-15(27)25-14(9-26)10-4-2-1-3-5-10/h1-8,14,26H,9H2,(H2,24,25,27). The van der Waals surface area contributed by atoms with E-state index in [4.69, 9.17) is 0 Å². The highest BCUT2D eigenvalue weighted by atomic mass is 19.4. The van der Waals surface area contributed by atoms with E-state index in [1.54, 1.807) is 30.3 Å². The highest BCUT2D eigenvalue weighted by Crippen LogP contribution is 2.37. The van der Waals surface area contributed by atoms with E-state index in [9.17, 15) is 36.2 Å². The first-order valence-electron chi connectivity index (χ1n) is 7.53. The van der Waals surface area contributed by atoms with Gasteiger partial charge in [0.25, 0.3) is 0 Å². The van der Waals surface area contributed by atoms with Crippen molar-refractivity contribution in [3.63, 3.8) is 0 Å². The fraction of sp³-hybridized carbons (Fsp3) is 0.235. The summed E-state index contributed by atoms with van der Waals surface area (Å²) in [7, 11) is 0. The Morgan fingerprint density at radius 1 is 0.926 bits per heavy atom. The summed E-state index contributed by atoms with van der Waals surface area (Å²) < 4.78 is 77.0. The number of amides is 2. The molecule has 0 fully saturated rings. The van der Waals surface area contributed by atoms with E-state index in [1.165, 1.54) is 0 Å². The molecular weight excluding hydrogens is 378 g/mol. The van der Waals surface area contributed by atoms with E-state index >= 15 is 0 Å². The van der Waals surface area contributed by atoms with Gasteiger partial charge in [-0.05, 0) is 23.8 Å². The molecule has 0 spiro atoms. The van der Waals surface area contributed by atoms with Crippen LogP contribution in [0.15, 0.2) is 48.5 Å². The van der Waals surface area contributed by atoms with Crippen LogP contribution in [0.5, 0.6) is 0 Å². The number of hydrogen-bond acceptors (Lipinski definition) is 2. The number of urea groups is 1. The summed E-state index contributed by atoms with van der Waals surface area (Å²) in [6.07, 6.45) is -10.0. The first-order chi connectivity index (χ1) is 12.5. The van der Waals surface area contributed by atoms with Crippen LogP contribution in [0.25, 0.3) is 0 Å². The molecule has 0 saturated carbocycles. The lowest BCUT2D eigenvalue weighted by Crippen LogP contribution is -2.34. The summed E-state index contributed by atoms with van der Waals surface area (Å²) in [5.41, 5.74) is -3.27. The van der Waals surface area contributed by atoms with Crippen molar-refractivity contribution >= 4 is 11.7 Å². The SMILES string of the molecule is O=C(Nc1cc(C(F)(F)F)cc(C(F)(F)F)c1)NC(CO)c1ccccc1. The molecular formula is C17H14F6N2O2. The highest BCUT2D eigenvalue weighted by molar-refractivity contribution is 5.89. The van der Waals surface area contributed by atoms with Gasteiger partial charge >= 0.3 is 18.4 Å². The van der Waals surface area contributed by atoms with Crippen molar-refractivity contribution in [1.29, 1.82) is 0 Å². The fourth-order valence-corrected chi connectivity index (χ4v) is 2.27. The molecule has 10 heteroatoms. The van der Waals surface area contributed by atoms with Gasteiger partial charge < -0.3 is 15.7 Å². The monoisotopic (exact) mass is 392 g/mol. The van der Waals surface area contributed by atoms with E-state index < -0.39 is 47.8 Å². The average molecular weight is 392 g/mol. The van der Waals surface area contributed by atoms with Crippen LogP contribution in [0.3, 0.4) is 0 Å². The van der Waals surface area contributed by atoms with Crippen molar-refractivity contribution in [2.24, 2.45) is 0 Å². The predicted octanol–water partition coefficient (Wildman–Crippen LogP) is 4.58. The third-order valence-electron chi connectivity index (χ3n) is 3.54. The van der Waals surface area contributed by atoms with E-state index in [2.05, 4.69) is 5.32 Å². The molecule has 0 aliphatic rings. The average Bonchev–Trinajstić information content (AvgIpc) is 2.58. The topological polar surface area (TPSA) is 61.4 Å².